The highest BCUT2D eigenvalue weighted by atomic mass is 19.4. The topological polar surface area (TPSA) is 9.23 Å². The van der Waals surface area contributed by atoms with Gasteiger partial charge in [0, 0.05) is 0 Å². The normalized spacial score (nSPS) is 12.3. The molecule has 0 saturated heterocycles. The lowest BCUT2D eigenvalue weighted by atomic mass is 10.1. The highest BCUT2D eigenvalue weighted by molar-refractivity contribution is 5.50. The van der Waals surface area contributed by atoms with Crippen molar-refractivity contribution < 1.29 is 17.9 Å². The van der Waals surface area contributed by atoms with Crippen molar-refractivity contribution in [1.29, 1.82) is 0 Å². The smallest absolute Gasteiger partial charge is 0.375 e. The van der Waals surface area contributed by atoms with Crippen molar-refractivity contribution in [1.82, 2.24) is 0 Å². The summed E-state index contributed by atoms with van der Waals surface area (Å²) in [5.74, 6) is 0. The molecule has 15 heavy (non-hydrogen) atoms. The maximum Gasteiger partial charge on any atom is 0.416 e. The van der Waals surface area contributed by atoms with E-state index in [0.29, 0.717) is 5.56 Å². The molecular formula is C11H10F3O. The zero-order valence-corrected chi connectivity index (χ0v) is 7.92. The number of rotatable bonds is 3. The van der Waals surface area contributed by atoms with Gasteiger partial charge in [0.2, 0.25) is 0 Å². The van der Waals surface area contributed by atoms with Gasteiger partial charge in [0.15, 0.2) is 0 Å². The minimum absolute atomic E-state index is 0.274. The number of benzene rings is 1. The molecule has 0 aliphatic heterocycles. The third-order valence-electron chi connectivity index (χ3n) is 1.74. The van der Waals surface area contributed by atoms with Gasteiger partial charge in [-0.05, 0) is 17.7 Å². The van der Waals surface area contributed by atoms with E-state index in [1.807, 2.05) is 0 Å². The molecule has 1 nitrogen and oxygen atoms in total. The molecule has 0 atom stereocenters. The maximum atomic E-state index is 12.3. The second-order valence-electron chi connectivity index (χ2n) is 2.90. The lowest BCUT2D eigenvalue weighted by Crippen LogP contribution is -2.04. The first-order chi connectivity index (χ1) is 7.04. The first-order valence-corrected chi connectivity index (χ1v) is 4.25. The Labute approximate surface area is 86.2 Å². The first kappa shape index (κ1) is 11.8. The number of halogens is 3. The number of hydrogen-bond acceptors (Lipinski definition) is 1. The van der Waals surface area contributed by atoms with Crippen LogP contribution in [0.4, 0.5) is 13.2 Å². The van der Waals surface area contributed by atoms with E-state index in [1.165, 1.54) is 6.07 Å². The van der Waals surface area contributed by atoms with Crippen molar-refractivity contribution >= 4 is 6.08 Å². The Morgan fingerprint density at radius 2 is 2.07 bits per heavy atom. The van der Waals surface area contributed by atoms with Gasteiger partial charge in [0.25, 0.3) is 0 Å². The lowest BCUT2D eigenvalue weighted by molar-refractivity contribution is -0.137. The molecule has 0 fully saturated rings. The number of hydrogen-bond donors (Lipinski definition) is 0. The maximum absolute atomic E-state index is 12.3. The molecule has 81 valence electrons. The SMILES string of the molecule is [CH2]OC/C=C/c1cccc(C(F)(F)F)c1. The van der Waals surface area contributed by atoms with Crippen molar-refractivity contribution in [3.05, 3.63) is 48.6 Å². The summed E-state index contributed by atoms with van der Waals surface area (Å²) in [5.41, 5.74) is -0.165. The van der Waals surface area contributed by atoms with E-state index in [4.69, 9.17) is 0 Å². The molecule has 0 bridgehead atoms. The Kier molecular flexibility index (Phi) is 3.91. The highest BCUT2D eigenvalue weighted by Gasteiger charge is 2.30. The average Bonchev–Trinajstić information content (AvgIpc) is 2.17. The van der Waals surface area contributed by atoms with Crippen LogP contribution in [-0.2, 0) is 10.9 Å². The second-order valence-corrected chi connectivity index (χ2v) is 2.90. The van der Waals surface area contributed by atoms with E-state index in [9.17, 15) is 13.2 Å². The fourth-order valence-corrected chi connectivity index (χ4v) is 1.07. The Bertz CT molecular complexity index is 342. The molecular weight excluding hydrogens is 205 g/mol. The van der Waals surface area contributed by atoms with Crippen LogP contribution in [0.25, 0.3) is 6.08 Å². The van der Waals surface area contributed by atoms with Crippen LogP contribution in [0.3, 0.4) is 0 Å². The molecule has 1 aromatic rings. The molecule has 4 heteroatoms. The fraction of sp³-hybridized carbons (Fsp3) is 0.182. The molecule has 0 aromatic heterocycles. The van der Waals surface area contributed by atoms with Crippen molar-refractivity contribution in [2.75, 3.05) is 6.61 Å². The van der Waals surface area contributed by atoms with Gasteiger partial charge in [-0.15, -0.1) is 0 Å². The van der Waals surface area contributed by atoms with E-state index in [2.05, 4.69) is 11.8 Å². The third kappa shape index (κ3) is 3.75. The van der Waals surface area contributed by atoms with Gasteiger partial charge in [0.1, 0.15) is 0 Å². The molecule has 0 N–H and O–H groups in total. The van der Waals surface area contributed by atoms with Crippen LogP contribution in [0.15, 0.2) is 30.3 Å². The van der Waals surface area contributed by atoms with Gasteiger partial charge >= 0.3 is 6.18 Å². The number of ether oxygens (including phenoxy) is 1. The Balaban J connectivity index is 2.84. The summed E-state index contributed by atoms with van der Waals surface area (Å²) in [4.78, 5) is 0. The molecule has 0 aliphatic carbocycles. The Morgan fingerprint density at radius 1 is 1.33 bits per heavy atom. The zero-order chi connectivity index (χ0) is 11.3. The molecule has 0 spiro atoms. The van der Waals surface area contributed by atoms with E-state index in [0.717, 1.165) is 12.1 Å². The monoisotopic (exact) mass is 215 g/mol. The van der Waals surface area contributed by atoms with Crippen LogP contribution in [0.1, 0.15) is 11.1 Å². The van der Waals surface area contributed by atoms with Crippen molar-refractivity contribution in [3.8, 4) is 0 Å². The van der Waals surface area contributed by atoms with E-state index < -0.39 is 11.7 Å². The molecule has 0 unspecified atom stereocenters. The predicted octanol–water partition coefficient (Wildman–Crippen LogP) is 3.53. The zero-order valence-electron chi connectivity index (χ0n) is 7.92. The summed E-state index contributed by atoms with van der Waals surface area (Å²) in [6.07, 6.45) is -1.14. The first-order valence-electron chi connectivity index (χ1n) is 4.25. The van der Waals surface area contributed by atoms with Crippen molar-refractivity contribution in [2.24, 2.45) is 0 Å². The van der Waals surface area contributed by atoms with E-state index in [1.54, 1.807) is 18.2 Å². The molecule has 1 aromatic carbocycles. The minimum atomic E-state index is -4.30. The largest absolute Gasteiger partial charge is 0.416 e. The van der Waals surface area contributed by atoms with Crippen LogP contribution in [-0.4, -0.2) is 6.61 Å². The predicted molar refractivity (Wildman–Crippen MR) is 51.8 cm³/mol. The van der Waals surface area contributed by atoms with E-state index >= 15 is 0 Å². The van der Waals surface area contributed by atoms with Gasteiger partial charge in [-0.25, -0.2) is 0 Å². The molecule has 0 amide bonds. The fourth-order valence-electron chi connectivity index (χ4n) is 1.07. The molecule has 0 aliphatic rings. The van der Waals surface area contributed by atoms with Gasteiger partial charge in [0.05, 0.1) is 19.3 Å². The quantitative estimate of drug-likeness (QED) is 0.749. The van der Waals surface area contributed by atoms with Gasteiger partial charge in [-0.1, -0.05) is 24.3 Å². The van der Waals surface area contributed by atoms with Crippen LogP contribution in [0.2, 0.25) is 0 Å². The second kappa shape index (κ2) is 4.98. The minimum Gasteiger partial charge on any atom is -0.375 e. The summed E-state index contributed by atoms with van der Waals surface area (Å²) in [6, 6.07) is 5.08. The Morgan fingerprint density at radius 3 is 2.67 bits per heavy atom. The Hall–Kier alpha value is -1.29. The molecule has 0 heterocycles. The van der Waals surface area contributed by atoms with Crippen LogP contribution < -0.4 is 0 Å². The third-order valence-corrected chi connectivity index (χ3v) is 1.74. The summed E-state index contributed by atoms with van der Waals surface area (Å²) >= 11 is 0. The molecule has 0 saturated carbocycles. The van der Waals surface area contributed by atoms with Gasteiger partial charge in [-0.2, -0.15) is 13.2 Å². The van der Waals surface area contributed by atoms with Gasteiger partial charge < -0.3 is 4.74 Å². The van der Waals surface area contributed by atoms with E-state index in [-0.39, 0.29) is 6.61 Å². The molecule has 1 radical (unpaired) electrons. The average molecular weight is 215 g/mol. The lowest BCUT2D eigenvalue weighted by Gasteiger charge is -2.06. The van der Waals surface area contributed by atoms with Crippen LogP contribution >= 0.6 is 0 Å². The van der Waals surface area contributed by atoms with Crippen molar-refractivity contribution in [3.63, 3.8) is 0 Å². The van der Waals surface area contributed by atoms with Crippen LogP contribution in [0.5, 0.6) is 0 Å². The van der Waals surface area contributed by atoms with Crippen molar-refractivity contribution in [2.45, 2.75) is 6.18 Å². The molecule has 1 rings (SSSR count). The summed E-state index contributed by atoms with van der Waals surface area (Å²) in [5, 5.41) is 0. The summed E-state index contributed by atoms with van der Waals surface area (Å²) in [7, 11) is 3.14. The highest BCUT2D eigenvalue weighted by Crippen LogP contribution is 2.29. The van der Waals surface area contributed by atoms with Gasteiger partial charge in [-0.3, -0.25) is 0 Å². The number of alkyl halides is 3. The summed E-state index contributed by atoms with van der Waals surface area (Å²) in [6.45, 7) is 0.274. The standard InChI is InChI=1S/C11H10F3O/c1-15-7-3-5-9-4-2-6-10(8-9)11(12,13)14/h2-6,8H,1,7H2/b5-3+. The van der Waals surface area contributed by atoms with Crippen LogP contribution in [0, 0.1) is 7.11 Å². The summed E-state index contributed by atoms with van der Waals surface area (Å²) < 4.78 is 41.4.